The summed E-state index contributed by atoms with van der Waals surface area (Å²) in [7, 11) is -1.13. The Balaban J connectivity index is 2.55. The maximum Gasteiger partial charge on any atom is 0.330 e. The minimum absolute atomic E-state index is 0.103. The molecule has 0 amide bonds. The van der Waals surface area contributed by atoms with Gasteiger partial charge in [-0.3, -0.25) is 0 Å². The number of aliphatic hydroxyl groups is 1. The summed E-state index contributed by atoms with van der Waals surface area (Å²) in [5.41, 5.74) is 1.03. The molecule has 0 heterocycles. The molecule has 0 bridgehead atoms. The maximum absolute atomic E-state index is 11.6. The lowest BCUT2D eigenvalue weighted by atomic mass is 10.2. The number of carbonyl (C=O) groups excluding carboxylic acids is 1. The van der Waals surface area contributed by atoms with E-state index in [1.54, 1.807) is 6.92 Å². The van der Waals surface area contributed by atoms with Gasteiger partial charge in [0.25, 0.3) is 0 Å². The second-order valence-corrected chi connectivity index (χ2v) is 13.2. The van der Waals surface area contributed by atoms with Crippen molar-refractivity contribution in [3.63, 3.8) is 0 Å². The van der Waals surface area contributed by atoms with E-state index in [1.807, 2.05) is 36.4 Å². The molecule has 0 fully saturated rings. The van der Waals surface area contributed by atoms with Crippen LogP contribution in [0.5, 0.6) is 0 Å². The van der Waals surface area contributed by atoms with Crippen molar-refractivity contribution in [2.45, 2.75) is 51.4 Å². The molecule has 6 heteroatoms. The van der Waals surface area contributed by atoms with Crippen LogP contribution >= 0.6 is 0 Å². The van der Waals surface area contributed by atoms with Crippen molar-refractivity contribution in [2.75, 3.05) is 19.8 Å². The molecule has 0 spiro atoms. The molecule has 156 valence electrons. The fourth-order valence-corrected chi connectivity index (χ4v) is 3.17. The third-order valence-electron chi connectivity index (χ3n) is 3.77. The van der Waals surface area contributed by atoms with Crippen LogP contribution in [0.1, 0.15) is 12.5 Å². The molecule has 0 saturated heterocycles. The fraction of sp³-hybridized carbons (Fsp3) is 0.500. The van der Waals surface area contributed by atoms with E-state index in [0.29, 0.717) is 19.8 Å². The third-order valence-corrected chi connectivity index (χ3v) is 5.23. The van der Waals surface area contributed by atoms with E-state index in [2.05, 4.69) is 25.7 Å². The molecule has 1 aromatic rings. The molecule has 0 unspecified atom stereocenters. The van der Waals surface area contributed by atoms with Crippen molar-refractivity contribution in [1.29, 1.82) is 0 Å². The van der Waals surface area contributed by atoms with Crippen LogP contribution < -0.4 is 0 Å². The minimum Gasteiger partial charge on any atom is -0.463 e. The average molecular weight is 407 g/mol. The monoisotopic (exact) mass is 406 g/mol. The highest BCUT2D eigenvalue weighted by atomic mass is 28.3. The van der Waals surface area contributed by atoms with Gasteiger partial charge in [0.05, 0.1) is 26.4 Å². The summed E-state index contributed by atoms with van der Waals surface area (Å²) in [6, 6.07) is 10.8. The Bertz CT molecular complexity index is 607. The second kappa shape index (κ2) is 13.4. The average Bonchev–Trinajstić information content (AvgIpc) is 2.64. The van der Waals surface area contributed by atoms with Crippen molar-refractivity contribution >= 4 is 14.0 Å². The van der Waals surface area contributed by atoms with Crippen LogP contribution in [-0.2, 0) is 25.6 Å². The largest absolute Gasteiger partial charge is 0.463 e. The van der Waals surface area contributed by atoms with Gasteiger partial charge < -0.3 is 19.3 Å². The third kappa shape index (κ3) is 11.9. The summed E-state index contributed by atoms with van der Waals surface area (Å²) in [5, 5.41) is 10.4. The maximum atomic E-state index is 11.6. The van der Waals surface area contributed by atoms with E-state index < -0.39 is 26.3 Å². The summed E-state index contributed by atoms with van der Waals surface area (Å²) < 4.78 is 16.2. The molecular weight excluding hydrogens is 372 g/mol. The van der Waals surface area contributed by atoms with Crippen LogP contribution in [0.2, 0.25) is 25.7 Å². The molecule has 0 aromatic heterocycles. The molecule has 0 saturated carbocycles. The van der Waals surface area contributed by atoms with Crippen LogP contribution in [-0.4, -0.2) is 51.2 Å². The lowest BCUT2D eigenvalue weighted by Gasteiger charge is -2.20. The van der Waals surface area contributed by atoms with E-state index in [0.717, 1.165) is 11.6 Å². The van der Waals surface area contributed by atoms with Gasteiger partial charge in [0.1, 0.15) is 12.2 Å². The molecule has 1 N–H and O–H groups in total. The lowest BCUT2D eigenvalue weighted by Crippen LogP contribution is -2.32. The van der Waals surface area contributed by atoms with Crippen molar-refractivity contribution in [2.24, 2.45) is 0 Å². The zero-order valence-electron chi connectivity index (χ0n) is 17.5. The number of aliphatic hydroxyl groups excluding tert-OH is 1. The first-order valence-electron chi connectivity index (χ1n) is 9.73. The van der Waals surface area contributed by atoms with E-state index >= 15 is 0 Å². The van der Waals surface area contributed by atoms with Crippen LogP contribution in [0, 0.1) is 0 Å². The highest BCUT2D eigenvalue weighted by Crippen LogP contribution is 2.10. The highest BCUT2D eigenvalue weighted by Gasteiger charge is 2.18. The highest BCUT2D eigenvalue weighted by molar-refractivity contribution is 6.76. The van der Waals surface area contributed by atoms with Gasteiger partial charge in [-0.25, -0.2) is 4.79 Å². The Kier molecular flexibility index (Phi) is 11.7. The first-order valence-corrected chi connectivity index (χ1v) is 13.4. The Morgan fingerprint density at radius 1 is 1.18 bits per heavy atom. The number of hydrogen-bond donors (Lipinski definition) is 1. The number of ether oxygens (including phenoxy) is 3. The number of hydrogen-bond acceptors (Lipinski definition) is 5. The quantitative estimate of drug-likeness (QED) is 0.232. The van der Waals surface area contributed by atoms with Crippen molar-refractivity contribution in [3.8, 4) is 0 Å². The van der Waals surface area contributed by atoms with Gasteiger partial charge >= 0.3 is 5.97 Å². The van der Waals surface area contributed by atoms with E-state index in [9.17, 15) is 9.90 Å². The molecule has 0 radical (unpaired) electrons. The van der Waals surface area contributed by atoms with Gasteiger partial charge in [0.2, 0.25) is 0 Å². The molecule has 0 aliphatic heterocycles. The van der Waals surface area contributed by atoms with Crippen LogP contribution in [0.15, 0.2) is 54.6 Å². The predicted octanol–water partition coefficient (Wildman–Crippen LogP) is 3.96. The summed E-state index contributed by atoms with van der Waals surface area (Å²) in [6.45, 7) is 9.82. The molecule has 5 nitrogen and oxygen atoms in total. The SMILES string of the molecule is CCOC(=O)/C=C/[C@@H](OC/C=C/C[Si](C)(C)C)[C@H](O)COCc1ccccc1. The normalized spacial score (nSPS) is 14.5. The zero-order chi connectivity index (χ0) is 20.8. The van der Waals surface area contributed by atoms with E-state index in [4.69, 9.17) is 14.2 Å². The fourth-order valence-electron chi connectivity index (χ4n) is 2.30. The first-order chi connectivity index (χ1) is 13.3. The standard InChI is InChI=1S/C22H34O5Si/c1-5-26-22(24)14-13-21(27-15-9-10-16-28(2,3)4)20(23)18-25-17-19-11-7-6-8-12-19/h6-14,20-21,23H,5,15-18H2,1-4H3/b10-9+,14-13+/t20-,21-/m1/s1. The smallest absolute Gasteiger partial charge is 0.330 e. The van der Waals surface area contributed by atoms with Crippen molar-refractivity contribution < 1.29 is 24.1 Å². The Morgan fingerprint density at radius 3 is 2.54 bits per heavy atom. The van der Waals surface area contributed by atoms with Gasteiger partial charge in [-0.15, -0.1) is 0 Å². The number of esters is 1. The molecule has 2 atom stereocenters. The zero-order valence-corrected chi connectivity index (χ0v) is 18.5. The molecule has 28 heavy (non-hydrogen) atoms. The Hall–Kier alpha value is -1.73. The van der Waals surface area contributed by atoms with Gasteiger partial charge in [0, 0.05) is 14.1 Å². The predicted molar refractivity (Wildman–Crippen MR) is 115 cm³/mol. The first kappa shape index (κ1) is 24.3. The molecule has 0 aliphatic rings. The van der Waals surface area contributed by atoms with Gasteiger partial charge in [-0.05, 0) is 24.6 Å². The number of allylic oxidation sites excluding steroid dienone is 1. The number of benzene rings is 1. The second-order valence-electron chi connectivity index (χ2n) is 7.71. The number of carbonyl (C=O) groups is 1. The Morgan fingerprint density at radius 2 is 1.89 bits per heavy atom. The Labute approximate surface area is 170 Å². The molecule has 1 rings (SSSR count). The summed E-state index contributed by atoms with van der Waals surface area (Å²) in [4.78, 5) is 11.6. The van der Waals surface area contributed by atoms with E-state index in [1.165, 1.54) is 12.2 Å². The van der Waals surface area contributed by atoms with Gasteiger partial charge in [-0.1, -0.05) is 62.1 Å². The summed E-state index contributed by atoms with van der Waals surface area (Å²) in [5.74, 6) is -0.456. The number of rotatable bonds is 13. The molecule has 0 aliphatic carbocycles. The molecule has 1 aromatic carbocycles. The summed E-state index contributed by atoms with van der Waals surface area (Å²) in [6.07, 6.45) is 5.36. The van der Waals surface area contributed by atoms with E-state index in [-0.39, 0.29) is 6.61 Å². The van der Waals surface area contributed by atoms with Crippen molar-refractivity contribution in [1.82, 2.24) is 0 Å². The minimum atomic E-state index is -1.13. The van der Waals surface area contributed by atoms with Crippen molar-refractivity contribution in [3.05, 3.63) is 60.2 Å². The summed E-state index contributed by atoms with van der Waals surface area (Å²) >= 11 is 0. The van der Waals surface area contributed by atoms with Crippen LogP contribution in [0.4, 0.5) is 0 Å². The van der Waals surface area contributed by atoms with Gasteiger partial charge in [-0.2, -0.15) is 0 Å². The van der Waals surface area contributed by atoms with Crippen LogP contribution in [0.25, 0.3) is 0 Å². The van der Waals surface area contributed by atoms with Gasteiger partial charge in [0.15, 0.2) is 0 Å². The molecular formula is C22H34O5Si. The lowest BCUT2D eigenvalue weighted by molar-refractivity contribution is -0.137. The van der Waals surface area contributed by atoms with Crippen LogP contribution in [0.3, 0.4) is 0 Å². The topological polar surface area (TPSA) is 65.0 Å².